The number of nitrogens with zero attached hydrogens (tertiary/aromatic N) is 3. The first-order valence-electron chi connectivity index (χ1n) is 8.77. The van der Waals surface area contributed by atoms with Crippen LogP contribution in [0, 0.1) is 6.92 Å². The summed E-state index contributed by atoms with van der Waals surface area (Å²) in [5, 5.41) is 0.582. The maximum absolute atomic E-state index is 13.0. The third-order valence-corrected chi connectivity index (χ3v) is 4.76. The number of hydrogen-bond donors (Lipinski definition) is 0. The van der Waals surface area contributed by atoms with Gasteiger partial charge >= 0.3 is 0 Å². The number of aromatic nitrogens is 2. The Kier molecular flexibility index (Phi) is 4.89. The Hall–Kier alpha value is -2.95. The molecule has 134 valence electrons. The maximum Gasteiger partial charge on any atom is 0.261 e. The van der Waals surface area contributed by atoms with E-state index in [1.165, 1.54) is 4.57 Å². The largest absolute Gasteiger partial charge is 0.329 e. The zero-order valence-electron chi connectivity index (χ0n) is 15.6. The van der Waals surface area contributed by atoms with Gasteiger partial charge in [-0.25, -0.2) is 4.98 Å². The molecule has 0 aliphatic carbocycles. The van der Waals surface area contributed by atoms with E-state index in [0.29, 0.717) is 28.8 Å². The molecule has 0 radical (unpaired) electrons. The van der Waals surface area contributed by atoms with Crippen LogP contribution >= 0.6 is 0 Å². The first-order chi connectivity index (χ1) is 12.4. The van der Waals surface area contributed by atoms with Crippen molar-refractivity contribution in [2.45, 2.75) is 26.8 Å². The van der Waals surface area contributed by atoms with Gasteiger partial charge in [-0.3, -0.25) is 14.2 Å². The van der Waals surface area contributed by atoms with Gasteiger partial charge in [0.2, 0.25) is 0 Å². The van der Waals surface area contributed by atoms with E-state index in [0.717, 1.165) is 5.56 Å². The number of carbonyl (C=O) groups excluding carboxylic acids is 1. The van der Waals surface area contributed by atoms with Gasteiger partial charge in [0.1, 0.15) is 5.82 Å². The molecule has 5 nitrogen and oxygen atoms in total. The fraction of sp³-hybridized carbons (Fsp3) is 0.286. The number of para-hydroxylation sites is 1. The molecule has 3 rings (SSSR count). The number of carbonyl (C=O) groups is 1. The smallest absolute Gasteiger partial charge is 0.261 e. The van der Waals surface area contributed by atoms with Crippen LogP contribution in [-0.2, 0) is 7.05 Å². The van der Waals surface area contributed by atoms with E-state index in [2.05, 4.69) is 4.98 Å². The Balaban J connectivity index is 2.03. The standard InChI is InChI=1S/C21H23N3O2/c1-5-24(20(25)16-12-10-14(2)11-13-16)15(3)19-22-18-9-7-6-8-17(18)21(26)23(19)4/h6-13,15H,5H2,1-4H3. The fourth-order valence-electron chi connectivity index (χ4n) is 3.20. The first-order valence-corrected chi connectivity index (χ1v) is 8.77. The Bertz CT molecular complexity index is 1010. The quantitative estimate of drug-likeness (QED) is 0.725. The molecule has 26 heavy (non-hydrogen) atoms. The minimum atomic E-state index is -0.323. The van der Waals surface area contributed by atoms with Crippen LogP contribution in [0.15, 0.2) is 53.3 Å². The summed E-state index contributed by atoms with van der Waals surface area (Å²) in [4.78, 5) is 32.0. The van der Waals surface area contributed by atoms with E-state index in [-0.39, 0.29) is 17.5 Å². The van der Waals surface area contributed by atoms with Crippen LogP contribution in [0.3, 0.4) is 0 Å². The van der Waals surface area contributed by atoms with E-state index in [1.54, 1.807) is 18.0 Å². The molecule has 1 amide bonds. The van der Waals surface area contributed by atoms with E-state index < -0.39 is 0 Å². The van der Waals surface area contributed by atoms with Crippen LogP contribution in [0.25, 0.3) is 10.9 Å². The number of benzene rings is 2. The highest BCUT2D eigenvalue weighted by Crippen LogP contribution is 2.21. The summed E-state index contributed by atoms with van der Waals surface area (Å²) in [5.74, 6) is 0.512. The third kappa shape index (κ3) is 3.12. The van der Waals surface area contributed by atoms with E-state index in [4.69, 9.17) is 0 Å². The van der Waals surface area contributed by atoms with Gasteiger partial charge in [-0.2, -0.15) is 0 Å². The molecule has 0 aliphatic rings. The van der Waals surface area contributed by atoms with Gasteiger partial charge in [0.25, 0.3) is 11.5 Å². The second kappa shape index (κ2) is 7.12. The summed E-state index contributed by atoms with van der Waals surface area (Å²) < 4.78 is 1.54. The predicted octanol–water partition coefficient (Wildman–Crippen LogP) is 3.47. The van der Waals surface area contributed by atoms with Gasteiger partial charge in [0.05, 0.1) is 16.9 Å². The van der Waals surface area contributed by atoms with Crippen molar-refractivity contribution >= 4 is 16.8 Å². The van der Waals surface area contributed by atoms with Gasteiger partial charge in [0.15, 0.2) is 0 Å². The van der Waals surface area contributed by atoms with Crippen molar-refractivity contribution in [3.63, 3.8) is 0 Å². The SMILES string of the molecule is CCN(C(=O)c1ccc(C)cc1)C(C)c1nc2ccccc2c(=O)n1C. The Labute approximate surface area is 152 Å². The molecule has 0 fully saturated rings. The Morgan fingerprint density at radius 2 is 1.81 bits per heavy atom. The lowest BCUT2D eigenvalue weighted by atomic mass is 10.1. The Morgan fingerprint density at radius 3 is 2.46 bits per heavy atom. The monoisotopic (exact) mass is 349 g/mol. The normalized spacial score (nSPS) is 12.2. The molecule has 1 atom stereocenters. The van der Waals surface area contributed by atoms with Crippen molar-refractivity contribution in [1.29, 1.82) is 0 Å². The molecule has 0 aliphatic heterocycles. The zero-order chi connectivity index (χ0) is 18.8. The average Bonchev–Trinajstić information content (AvgIpc) is 2.65. The highest BCUT2D eigenvalue weighted by atomic mass is 16.2. The molecule has 3 aromatic rings. The van der Waals surface area contributed by atoms with Gasteiger partial charge in [-0.15, -0.1) is 0 Å². The highest BCUT2D eigenvalue weighted by molar-refractivity contribution is 5.94. The van der Waals surface area contributed by atoms with Gasteiger partial charge < -0.3 is 4.90 Å². The van der Waals surface area contributed by atoms with Crippen LogP contribution in [0.4, 0.5) is 0 Å². The lowest BCUT2D eigenvalue weighted by Crippen LogP contribution is -2.37. The molecule has 2 aromatic carbocycles. The fourth-order valence-corrected chi connectivity index (χ4v) is 3.20. The van der Waals surface area contributed by atoms with Crippen LogP contribution in [0.5, 0.6) is 0 Å². The van der Waals surface area contributed by atoms with Crippen molar-refractivity contribution in [3.8, 4) is 0 Å². The van der Waals surface area contributed by atoms with Crippen molar-refractivity contribution in [1.82, 2.24) is 14.5 Å². The van der Waals surface area contributed by atoms with E-state index in [9.17, 15) is 9.59 Å². The second-order valence-corrected chi connectivity index (χ2v) is 6.48. The van der Waals surface area contributed by atoms with Gasteiger partial charge in [-0.1, -0.05) is 29.8 Å². The minimum Gasteiger partial charge on any atom is -0.329 e. The van der Waals surface area contributed by atoms with Crippen molar-refractivity contribution in [2.24, 2.45) is 7.05 Å². The number of aryl methyl sites for hydroxylation is 1. The first kappa shape index (κ1) is 17.9. The summed E-state index contributed by atoms with van der Waals surface area (Å²) in [5.41, 5.74) is 2.29. The lowest BCUT2D eigenvalue weighted by molar-refractivity contribution is 0.0692. The summed E-state index contributed by atoms with van der Waals surface area (Å²) in [6.07, 6.45) is 0. The van der Waals surface area contributed by atoms with E-state index in [1.807, 2.05) is 63.2 Å². The molecular formula is C21H23N3O2. The number of fused-ring (bicyclic) bond motifs is 1. The molecule has 1 aromatic heterocycles. The highest BCUT2D eigenvalue weighted by Gasteiger charge is 2.25. The summed E-state index contributed by atoms with van der Waals surface area (Å²) in [6.45, 7) is 6.35. The molecule has 0 N–H and O–H groups in total. The number of rotatable bonds is 4. The summed E-state index contributed by atoms with van der Waals surface area (Å²) >= 11 is 0. The van der Waals surface area contributed by atoms with Gasteiger partial charge in [-0.05, 0) is 45.0 Å². The summed E-state index contributed by atoms with van der Waals surface area (Å²) in [7, 11) is 1.71. The second-order valence-electron chi connectivity index (χ2n) is 6.48. The van der Waals surface area contributed by atoms with E-state index >= 15 is 0 Å². The summed E-state index contributed by atoms with van der Waals surface area (Å²) in [6, 6.07) is 14.5. The Morgan fingerprint density at radius 1 is 1.15 bits per heavy atom. The maximum atomic E-state index is 13.0. The molecule has 1 unspecified atom stereocenters. The molecule has 1 heterocycles. The molecule has 0 bridgehead atoms. The molecule has 0 saturated heterocycles. The van der Waals surface area contributed by atoms with Crippen molar-refractivity contribution in [3.05, 3.63) is 75.8 Å². The molecule has 0 saturated carbocycles. The van der Waals surface area contributed by atoms with Crippen LogP contribution < -0.4 is 5.56 Å². The van der Waals surface area contributed by atoms with Crippen LogP contribution in [-0.4, -0.2) is 26.9 Å². The average molecular weight is 349 g/mol. The number of amides is 1. The van der Waals surface area contributed by atoms with Crippen molar-refractivity contribution in [2.75, 3.05) is 6.54 Å². The van der Waals surface area contributed by atoms with Crippen LogP contribution in [0.2, 0.25) is 0 Å². The van der Waals surface area contributed by atoms with Crippen LogP contribution in [0.1, 0.15) is 41.6 Å². The minimum absolute atomic E-state index is 0.0672. The van der Waals surface area contributed by atoms with Gasteiger partial charge in [0, 0.05) is 19.2 Å². The third-order valence-electron chi connectivity index (χ3n) is 4.76. The molecule has 0 spiro atoms. The topological polar surface area (TPSA) is 55.2 Å². The number of hydrogen-bond acceptors (Lipinski definition) is 3. The molecular weight excluding hydrogens is 326 g/mol. The zero-order valence-corrected chi connectivity index (χ0v) is 15.6. The predicted molar refractivity (Wildman–Crippen MR) is 103 cm³/mol. The van der Waals surface area contributed by atoms with Crippen molar-refractivity contribution < 1.29 is 4.79 Å². The lowest BCUT2D eigenvalue weighted by Gasteiger charge is -2.29. The molecule has 5 heteroatoms.